The van der Waals surface area contributed by atoms with Gasteiger partial charge in [0.2, 0.25) is 0 Å². The van der Waals surface area contributed by atoms with Gasteiger partial charge >= 0.3 is 5.97 Å². The molecule has 0 amide bonds. The average Bonchev–Trinajstić information content (AvgIpc) is 2.39. The smallest absolute Gasteiger partial charge is 0.306 e. The largest absolute Gasteiger partial charge is 0.481 e. The van der Waals surface area contributed by atoms with Crippen LogP contribution >= 0.6 is 0 Å². The molecule has 4 nitrogen and oxygen atoms in total. The first-order valence-corrected chi connectivity index (χ1v) is 6.42. The normalized spacial score (nSPS) is 17.3. The summed E-state index contributed by atoms with van der Waals surface area (Å²) in [6, 6.07) is 4.58. The molecule has 0 aliphatic carbocycles. The van der Waals surface area contributed by atoms with Crippen LogP contribution in [-0.4, -0.2) is 37.4 Å². The van der Waals surface area contributed by atoms with Gasteiger partial charge in [0.05, 0.1) is 19.1 Å². The molecule has 1 atom stereocenters. The van der Waals surface area contributed by atoms with Crippen LogP contribution in [0.3, 0.4) is 0 Å². The Morgan fingerprint density at radius 3 is 2.79 bits per heavy atom. The number of nitrogens with zero attached hydrogens (tertiary/aromatic N) is 1. The van der Waals surface area contributed by atoms with Crippen molar-refractivity contribution in [3.05, 3.63) is 29.6 Å². The maximum atomic E-state index is 13.4. The molecule has 0 spiro atoms. The van der Waals surface area contributed by atoms with Crippen molar-refractivity contribution in [2.24, 2.45) is 5.92 Å². The van der Waals surface area contributed by atoms with Crippen LogP contribution in [0.15, 0.2) is 18.2 Å². The second-order valence-electron chi connectivity index (χ2n) is 4.82. The van der Waals surface area contributed by atoms with Gasteiger partial charge < -0.3 is 14.7 Å². The van der Waals surface area contributed by atoms with Crippen molar-refractivity contribution in [3.63, 3.8) is 0 Å². The number of hydrogen-bond donors (Lipinski definition) is 1. The first-order valence-electron chi connectivity index (χ1n) is 6.42. The Hall–Kier alpha value is -1.62. The molecule has 1 unspecified atom stereocenters. The molecule has 2 rings (SSSR count). The summed E-state index contributed by atoms with van der Waals surface area (Å²) in [6.45, 7) is 4.42. The zero-order chi connectivity index (χ0) is 13.8. The number of carbonyl (C=O) groups is 1. The SMILES string of the molecule is CC(Cc1cc(F)ccc1N1CCOCC1)C(=O)O. The second kappa shape index (κ2) is 6.02. The third-order valence-corrected chi connectivity index (χ3v) is 3.34. The fourth-order valence-electron chi connectivity index (χ4n) is 2.25. The molecule has 1 heterocycles. The summed E-state index contributed by atoms with van der Waals surface area (Å²) in [5.41, 5.74) is 1.66. The van der Waals surface area contributed by atoms with E-state index in [1.165, 1.54) is 12.1 Å². The summed E-state index contributed by atoms with van der Waals surface area (Å²) in [5.74, 6) is -1.72. The minimum absolute atomic E-state index is 0.329. The van der Waals surface area contributed by atoms with E-state index in [-0.39, 0.29) is 5.82 Å². The minimum Gasteiger partial charge on any atom is -0.481 e. The van der Waals surface area contributed by atoms with Crippen LogP contribution in [0.1, 0.15) is 12.5 Å². The topological polar surface area (TPSA) is 49.8 Å². The molecule has 19 heavy (non-hydrogen) atoms. The van der Waals surface area contributed by atoms with Crippen LogP contribution in [0.4, 0.5) is 10.1 Å². The summed E-state index contributed by atoms with van der Waals surface area (Å²) in [4.78, 5) is 13.1. The fraction of sp³-hybridized carbons (Fsp3) is 0.500. The van der Waals surface area contributed by atoms with Crippen molar-refractivity contribution in [2.75, 3.05) is 31.2 Å². The highest BCUT2D eigenvalue weighted by atomic mass is 19.1. The second-order valence-corrected chi connectivity index (χ2v) is 4.82. The van der Waals surface area contributed by atoms with Gasteiger partial charge in [-0.15, -0.1) is 0 Å². The number of rotatable bonds is 4. The number of halogens is 1. The number of aliphatic carboxylic acids is 1. The lowest BCUT2D eigenvalue weighted by molar-refractivity contribution is -0.141. The van der Waals surface area contributed by atoms with Crippen molar-refractivity contribution >= 4 is 11.7 Å². The third-order valence-electron chi connectivity index (χ3n) is 3.34. The lowest BCUT2D eigenvalue weighted by Gasteiger charge is -2.31. The predicted molar refractivity (Wildman–Crippen MR) is 69.9 cm³/mol. The Balaban J connectivity index is 2.24. The molecule has 1 saturated heterocycles. The first-order chi connectivity index (χ1) is 9.08. The van der Waals surface area contributed by atoms with Gasteiger partial charge in [0.15, 0.2) is 0 Å². The van der Waals surface area contributed by atoms with Crippen molar-refractivity contribution in [3.8, 4) is 0 Å². The molecule has 0 saturated carbocycles. The van der Waals surface area contributed by atoms with E-state index in [0.29, 0.717) is 19.6 Å². The van der Waals surface area contributed by atoms with Crippen LogP contribution in [0.25, 0.3) is 0 Å². The zero-order valence-corrected chi connectivity index (χ0v) is 10.9. The summed E-state index contributed by atoms with van der Waals surface area (Å²) < 4.78 is 18.7. The summed E-state index contributed by atoms with van der Waals surface area (Å²) in [7, 11) is 0. The number of carboxylic acids is 1. The maximum Gasteiger partial charge on any atom is 0.306 e. The van der Waals surface area contributed by atoms with E-state index >= 15 is 0 Å². The van der Waals surface area contributed by atoms with Crippen LogP contribution in [0.5, 0.6) is 0 Å². The highest BCUT2D eigenvalue weighted by Crippen LogP contribution is 2.25. The van der Waals surface area contributed by atoms with Crippen LogP contribution in [0, 0.1) is 11.7 Å². The summed E-state index contributed by atoms with van der Waals surface area (Å²) in [6.07, 6.45) is 0.333. The quantitative estimate of drug-likeness (QED) is 0.905. The first kappa shape index (κ1) is 13.8. The molecule has 1 aromatic rings. The molecule has 1 N–H and O–H groups in total. The molecule has 1 aliphatic rings. The van der Waals surface area contributed by atoms with Gasteiger partial charge in [-0.25, -0.2) is 4.39 Å². The Labute approximate surface area is 111 Å². The molecular weight excluding hydrogens is 249 g/mol. The van der Waals surface area contributed by atoms with E-state index in [1.807, 2.05) is 0 Å². The number of hydrogen-bond acceptors (Lipinski definition) is 3. The van der Waals surface area contributed by atoms with E-state index in [1.54, 1.807) is 13.0 Å². The monoisotopic (exact) mass is 267 g/mol. The molecular formula is C14H18FNO3. The minimum atomic E-state index is -0.864. The Bertz CT molecular complexity index is 458. The van der Waals surface area contributed by atoms with E-state index in [2.05, 4.69) is 4.90 Å². The van der Waals surface area contributed by atoms with Gasteiger partial charge in [-0.1, -0.05) is 6.92 Å². The highest BCUT2D eigenvalue weighted by Gasteiger charge is 2.19. The van der Waals surface area contributed by atoms with Crippen molar-refractivity contribution in [2.45, 2.75) is 13.3 Å². The van der Waals surface area contributed by atoms with Gasteiger partial charge in [0.1, 0.15) is 5.82 Å². The van der Waals surface area contributed by atoms with Crippen LogP contribution in [0.2, 0.25) is 0 Å². The van der Waals surface area contributed by atoms with Gasteiger partial charge in [-0.3, -0.25) is 4.79 Å². The zero-order valence-electron chi connectivity index (χ0n) is 10.9. The van der Waals surface area contributed by atoms with Crippen molar-refractivity contribution < 1.29 is 19.0 Å². The number of ether oxygens (including phenoxy) is 1. The number of anilines is 1. The summed E-state index contributed by atoms with van der Waals surface area (Å²) >= 11 is 0. The highest BCUT2D eigenvalue weighted by molar-refractivity contribution is 5.70. The number of carboxylic acid groups (broad SMARTS) is 1. The molecule has 0 bridgehead atoms. The lowest BCUT2D eigenvalue weighted by Crippen LogP contribution is -2.37. The van der Waals surface area contributed by atoms with E-state index in [9.17, 15) is 9.18 Å². The van der Waals surface area contributed by atoms with Gasteiger partial charge in [0.25, 0.3) is 0 Å². The molecule has 1 aromatic carbocycles. The molecule has 1 aliphatic heterocycles. The predicted octanol–water partition coefficient (Wildman–Crippen LogP) is 1.93. The molecule has 104 valence electrons. The van der Waals surface area contributed by atoms with E-state index in [4.69, 9.17) is 9.84 Å². The van der Waals surface area contributed by atoms with Gasteiger partial charge in [0, 0.05) is 18.8 Å². The Morgan fingerprint density at radius 1 is 1.47 bits per heavy atom. The van der Waals surface area contributed by atoms with Gasteiger partial charge in [-0.05, 0) is 30.2 Å². The van der Waals surface area contributed by atoms with E-state index < -0.39 is 11.9 Å². The molecule has 0 radical (unpaired) electrons. The maximum absolute atomic E-state index is 13.4. The third kappa shape index (κ3) is 3.44. The number of morpholine rings is 1. The van der Waals surface area contributed by atoms with Gasteiger partial charge in [-0.2, -0.15) is 0 Å². The number of benzene rings is 1. The summed E-state index contributed by atoms with van der Waals surface area (Å²) in [5, 5.41) is 8.99. The Morgan fingerprint density at radius 2 is 2.16 bits per heavy atom. The van der Waals surface area contributed by atoms with Crippen LogP contribution < -0.4 is 4.90 Å². The van der Waals surface area contributed by atoms with Crippen molar-refractivity contribution in [1.82, 2.24) is 0 Å². The van der Waals surface area contributed by atoms with E-state index in [0.717, 1.165) is 24.3 Å². The fourth-order valence-corrected chi connectivity index (χ4v) is 2.25. The van der Waals surface area contributed by atoms with Crippen molar-refractivity contribution in [1.29, 1.82) is 0 Å². The average molecular weight is 267 g/mol. The molecule has 1 fully saturated rings. The lowest BCUT2D eigenvalue weighted by atomic mass is 9.99. The standard InChI is InChI=1S/C14H18FNO3/c1-10(14(17)18)8-11-9-12(15)2-3-13(11)16-4-6-19-7-5-16/h2-3,9-10H,4-8H2,1H3,(H,17,18). The Kier molecular flexibility index (Phi) is 4.37. The molecule has 5 heteroatoms. The van der Waals surface area contributed by atoms with Crippen LogP contribution in [-0.2, 0) is 16.0 Å². The molecule has 0 aromatic heterocycles.